The van der Waals surface area contributed by atoms with Crippen molar-refractivity contribution in [3.63, 3.8) is 0 Å². The lowest BCUT2D eigenvalue weighted by Gasteiger charge is -2.35. The summed E-state index contributed by atoms with van der Waals surface area (Å²) >= 11 is 0. The topological polar surface area (TPSA) is 70.4 Å². The molecule has 0 N–H and O–H groups in total. The van der Waals surface area contributed by atoms with E-state index in [4.69, 9.17) is 0 Å². The van der Waals surface area contributed by atoms with Crippen LogP contribution in [0.2, 0.25) is 0 Å². The first-order valence-electron chi connectivity index (χ1n) is 8.00. The minimum Gasteiger partial charge on any atom is -0.363 e. The SMILES string of the molecule is Cc1cc(N(C)C)nc(N2CCN(c3nccn(C)c3=O)CC2)n1. The highest BCUT2D eigenvalue weighted by Crippen LogP contribution is 2.18. The predicted molar refractivity (Wildman–Crippen MR) is 95.0 cm³/mol. The fourth-order valence-corrected chi connectivity index (χ4v) is 2.73. The maximum absolute atomic E-state index is 12.2. The molecule has 0 amide bonds. The highest BCUT2D eigenvalue weighted by Gasteiger charge is 2.22. The van der Waals surface area contributed by atoms with Gasteiger partial charge in [0.2, 0.25) is 5.95 Å². The van der Waals surface area contributed by atoms with E-state index in [1.807, 2.05) is 36.9 Å². The Kier molecular flexibility index (Phi) is 4.37. The molecule has 3 rings (SSSR count). The average Bonchev–Trinajstić information content (AvgIpc) is 2.57. The Morgan fingerprint density at radius 1 is 1.08 bits per heavy atom. The van der Waals surface area contributed by atoms with Gasteiger partial charge in [-0.3, -0.25) is 4.79 Å². The monoisotopic (exact) mass is 329 g/mol. The van der Waals surface area contributed by atoms with Crippen LogP contribution in [0.1, 0.15) is 5.69 Å². The second-order valence-electron chi connectivity index (χ2n) is 6.20. The summed E-state index contributed by atoms with van der Waals surface area (Å²) in [5.41, 5.74) is 0.886. The Balaban J connectivity index is 1.76. The number of aromatic nitrogens is 4. The van der Waals surface area contributed by atoms with Crippen molar-refractivity contribution in [1.82, 2.24) is 19.5 Å². The Morgan fingerprint density at radius 2 is 1.75 bits per heavy atom. The van der Waals surface area contributed by atoms with E-state index in [1.54, 1.807) is 24.0 Å². The van der Waals surface area contributed by atoms with Crippen LogP contribution in [0.25, 0.3) is 0 Å². The molecule has 2 aromatic heterocycles. The van der Waals surface area contributed by atoms with Gasteiger partial charge < -0.3 is 19.3 Å². The van der Waals surface area contributed by atoms with Crippen molar-refractivity contribution in [2.75, 3.05) is 55.0 Å². The molecule has 0 aliphatic carbocycles. The summed E-state index contributed by atoms with van der Waals surface area (Å²) < 4.78 is 1.56. The maximum atomic E-state index is 12.2. The fourth-order valence-electron chi connectivity index (χ4n) is 2.73. The molecule has 0 spiro atoms. The lowest BCUT2D eigenvalue weighted by molar-refractivity contribution is 0.627. The summed E-state index contributed by atoms with van der Waals surface area (Å²) in [7, 11) is 5.69. The highest BCUT2D eigenvalue weighted by atomic mass is 16.1. The van der Waals surface area contributed by atoms with E-state index in [1.165, 1.54) is 0 Å². The number of hydrogen-bond acceptors (Lipinski definition) is 7. The predicted octanol–water partition coefficient (Wildman–Crippen LogP) is 0.271. The molecular weight excluding hydrogens is 306 g/mol. The molecule has 1 aliphatic heterocycles. The zero-order chi connectivity index (χ0) is 17.3. The number of nitrogens with zero attached hydrogens (tertiary/aromatic N) is 7. The zero-order valence-electron chi connectivity index (χ0n) is 14.6. The standard InChI is InChI=1S/C16H23N7O/c1-12-11-13(20(2)3)19-16(18-12)23-9-7-22(8-10-23)14-15(24)21(4)6-5-17-14/h5-6,11H,7-10H2,1-4H3. The van der Waals surface area contributed by atoms with Gasteiger partial charge in [0.05, 0.1) is 0 Å². The number of hydrogen-bond donors (Lipinski definition) is 0. The van der Waals surface area contributed by atoms with Crippen LogP contribution in [-0.4, -0.2) is 59.8 Å². The van der Waals surface area contributed by atoms with Crippen molar-refractivity contribution < 1.29 is 0 Å². The van der Waals surface area contributed by atoms with Crippen molar-refractivity contribution in [3.05, 3.63) is 34.5 Å². The van der Waals surface area contributed by atoms with Gasteiger partial charge in [-0.2, -0.15) is 4.98 Å². The van der Waals surface area contributed by atoms with Crippen molar-refractivity contribution in [1.29, 1.82) is 0 Å². The lowest BCUT2D eigenvalue weighted by atomic mass is 10.3. The van der Waals surface area contributed by atoms with Gasteiger partial charge in [-0.15, -0.1) is 0 Å². The number of rotatable bonds is 3. The van der Waals surface area contributed by atoms with Crippen molar-refractivity contribution in [2.45, 2.75) is 6.92 Å². The van der Waals surface area contributed by atoms with Gasteiger partial charge in [-0.25, -0.2) is 9.97 Å². The van der Waals surface area contributed by atoms with Crippen molar-refractivity contribution in [2.24, 2.45) is 7.05 Å². The van der Waals surface area contributed by atoms with E-state index in [2.05, 4.69) is 19.9 Å². The van der Waals surface area contributed by atoms with Crippen LogP contribution >= 0.6 is 0 Å². The van der Waals surface area contributed by atoms with Gasteiger partial charge in [0.1, 0.15) is 5.82 Å². The Hall–Kier alpha value is -2.64. The summed E-state index contributed by atoms with van der Waals surface area (Å²) in [6, 6.07) is 1.97. The van der Waals surface area contributed by atoms with Crippen LogP contribution in [-0.2, 0) is 7.05 Å². The van der Waals surface area contributed by atoms with E-state index < -0.39 is 0 Å². The second-order valence-corrected chi connectivity index (χ2v) is 6.20. The molecule has 0 atom stereocenters. The summed E-state index contributed by atoms with van der Waals surface area (Å²) in [6.45, 7) is 4.94. The van der Waals surface area contributed by atoms with Gasteiger partial charge >= 0.3 is 0 Å². The van der Waals surface area contributed by atoms with Crippen LogP contribution in [0.4, 0.5) is 17.6 Å². The van der Waals surface area contributed by atoms with Crippen LogP contribution in [0, 0.1) is 6.92 Å². The maximum Gasteiger partial charge on any atom is 0.293 e. The number of aryl methyl sites for hydroxylation is 2. The first-order valence-corrected chi connectivity index (χ1v) is 8.00. The second kappa shape index (κ2) is 6.46. The molecule has 128 valence electrons. The smallest absolute Gasteiger partial charge is 0.293 e. The van der Waals surface area contributed by atoms with E-state index in [-0.39, 0.29) is 5.56 Å². The van der Waals surface area contributed by atoms with E-state index in [0.717, 1.165) is 43.6 Å². The first-order chi connectivity index (χ1) is 11.5. The first kappa shape index (κ1) is 16.2. The summed E-state index contributed by atoms with van der Waals surface area (Å²) in [4.78, 5) is 31.8. The molecule has 0 aromatic carbocycles. The van der Waals surface area contributed by atoms with E-state index >= 15 is 0 Å². The summed E-state index contributed by atoms with van der Waals surface area (Å²) in [6.07, 6.45) is 3.33. The molecule has 1 saturated heterocycles. The molecule has 1 fully saturated rings. The molecule has 2 aromatic rings. The molecule has 0 radical (unpaired) electrons. The average molecular weight is 329 g/mol. The number of piperazine rings is 1. The third-order valence-corrected chi connectivity index (χ3v) is 4.15. The van der Waals surface area contributed by atoms with E-state index in [9.17, 15) is 4.79 Å². The molecule has 0 unspecified atom stereocenters. The molecule has 1 aliphatic rings. The molecule has 3 heterocycles. The van der Waals surface area contributed by atoms with Crippen molar-refractivity contribution in [3.8, 4) is 0 Å². The molecule has 24 heavy (non-hydrogen) atoms. The lowest BCUT2D eigenvalue weighted by Crippen LogP contribution is -2.49. The van der Waals surface area contributed by atoms with Gasteiger partial charge in [0, 0.05) is 71.5 Å². The fraction of sp³-hybridized carbons (Fsp3) is 0.500. The highest BCUT2D eigenvalue weighted by molar-refractivity contribution is 5.46. The summed E-state index contributed by atoms with van der Waals surface area (Å²) in [5, 5.41) is 0. The quantitative estimate of drug-likeness (QED) is 0.800. The Bertz CT molecular complexity index is 778. The molecule has 0 saturated carbocycles. The van der Waals surface area contributed by atoms with Crippen LogP contribution in [0.15, 0.2) is 23.3 Å². The molecule has 0 bridgehead atoms. The van der Waals surface area contributed by atoms with Crippen LogP contribution in [0.3, 0.4) is 0 Å². The normalized spacial score (nSPS) is 14.8. The Labute approximate surface area is 141 Å². The molecule has 8 heteroatoms. The molecular formula is C16H23N7O. The molecule has 8 nitrogen and oxygen atoms in total. The van der Waals surface area contributed by atoms with E-state index in [0.29, 0.717) is 5.82 Å². The summed E-state index contributed by atoms with van der Waals surface area (Å²) in [5.74, 6) is 2.16. The van der Waals surface area contributed by atoms with Gasteiger partial charge in [-0.1, -0.05) is 0 Å². The van der Waals surface area contributed by atoms with Crippen molar-refractivity contribution >= 4 is 17.6 Å². The Morgan fingerprint density at radius 3 is 2.42 bits per heavy atom. The minimum absolute atomic E-state index is 0.0624. The van der Waals surface area contributed by atoms with Gasteiger partial charge in [-0.05, 0) is 6.92 Å². The van der Waals surface area contributed by atoms with Gasteiger partial charge in [0.25, 0.3) is 5.56 Å². The third kappa shape index (κ3) is 3.17. The van der Waals surface area contributed by atoms with Crippen LogP contribution < -0.4 is 20.3 Å². The van der Waals surface area contributed by atoms with Gasteiger partial charge in [0.15, 0.2) is 5.82 Å². The minimum atomic E-state index is -0.0624. The largest absolute Gasteiger partial charge is 0.363 e. The zero-order valence-corrected chi connectivity index (χ0v) is 14.6. The number of anilines is 3. The third-order valence-electron chi connectivity index (χ3n) is 4.15. The van der Waals surface area contributed by atoms with Crippen LogP contribution in [0.5, 0.6) is 0 Å².